The average molecular weight is 536 g/mol. The Labute approximate surface area is 218 Å². The van der Waals surface area contributed by atoms with Crippen LogP contribution in [0.15, 0.2) is 77.7 Å². The van der Waals surface area contributed by atoms with Crippen LogP contribution >= 0.6 is 0 Å². The third-order valence-electron chi connectivity index (χ3n) is 7.01. The van der Waals surface area contributed by atoms with Gasteiger partial charge in [0.15, 0.2) is 5.69 Å². The second-order valence-electron chi connectivity index (χ2n) is 9.79. The zero-order chi connectivity index (χ0) is 27.5. The van der Waals surface area contributed by atoms with Crippen molar-refractivity contribution in [2.75, 3.05) is 20.1 Å². The van der Waals surface area contributed by atoms with Gasteiger partial charge in [0.1, 0.15) is 16.9 Å². The van der Waals surface area contributed by atoms with Gasteiger partial charge in [-0.15, -0.1) is 0 Å². The van der Waals surface area contributed by atoms with Gasteiger partial charge < -0.3 is 15.2 Å². The molecule has 198 valence electrons. The SMILES string of the molecule is CN1CC(NC(=O)c2nn3cc(-c4ccc5ccccc5c4)[nH]c(=O)c3c2C(F)(F)F)(c2ccc(F)cc2)C1. The van der Waals surface area contributed by atoms with Gasteiger partial charge in [-0.3, -0.25) is 9.59 Å². The molecule has 39 heavy (non-hydrogen) atoms. The molecule has 1 aliphatic rings. The van der Waals surface area contributed by atoms with Crippen LogP contribution in [0.4, 0.5) is 17.6 Å². The zero-order valence-corrected chi connectivity index (χ0v) is 20.5. The largest absolute Gasteiger partial charge is 0.421 e. The smallest absolute Gasteiger partial charge is 0.338 e. The van der Waals surface area contributed by atoms with E-state index in [4.69, 9.17) is 0 Å². The number of amides is 1. The van der Waals surface area contributed by atoms with Crippen LogP contribution in [0.1, 0.15) is 21.6 Å². The van der Waals surface area contributed by atoms with E-state index in [-0.39, 0.29) is 5.69 Å². The quantitative estimate of drug-likeness (QED) is 0.331. The minimum absolute atomic E-state index is 0.241. The molecule has 1 fully saturated rings. The van der Waals surface area contributed by atoms with Crippen LogP contribution in [0.25, 0.3) is 27.5 Å². The number of H-pyrrole nitrogens is 1. The highest BCUT2D eigenvalue weighted by Crippen LogP contribution is 2.36. The summed E-state index contributed by atoms with van der Waals surface area (Å²) in [6, 6.07) is 18.3. The number of alkyl halides is 3. The number of benzene rings is 3. The first kappa shape index (κ1) is 24.8. The second kappa shape index (κ2) is 8.77. The van der Waals surface area contributed by atoms with Crippen LogP contribution in [0, 0.1) is 5.82 Å². The van der Waals surface area contributed by atoms with Gasteiger partial charge in [-0.25, -0.2) is 8.91 Å². The first-order valence-electron chi connectivity index (χ1n) is 12.0. The fourth-order valence-electron chi connectivity index (χ4n) is 5.27. The summed E-state index contributed by atoms with van der Waals surface area (Å²) in [5.41, 5.74) is -3.84. The summed E-state index contributed by atoms with van der Waals surface area (Å²) in [5, 5.41) is 8.47. The summed E-state index contributed by atoms with van der Waals surface area (Å²) in [7, 11) is 1.79. The van der Waals surface area contributed by atoms with Crippen molar-refractivity contribution >= 4 is 22.2 Å². The minimum atomic E-state index is -5.04. The number of aromatic amines is 1. The van der Waals surface area contributed by atoms with Crippen molar-refractivity contribution in [2.24, 2.45) is 0 Å². The highest BCUT2D eigenvalue weighted by Gasteiger charge is 2.47. The lowest BCUT2D eigenvalue weighted by Crippen LogP contribution is -2.66. The molecule has 0 aliphatic carbocycles. The van der Waals surface area contributed by atoms with Crippen molar-refractivity contribution in [1.82, 2.24) is 24.8 Å². The van der Waals surface area contributed by atoms with Gasteiger partial charge >= 0.3 is 6.18 Å². The Bertz CT molecular complexity index is 1800. The molecule has 0 bridgehead atoms. The Morgan fingerprint density at radius 3 is 2.38 bits per heavy atom. The maximum atomic E-state index is 14.3. The van der Waals surface area contributed by atoms with E-state index in [1.165, 1.54) is 30.5 Å². The number of fused-ring (bicyclic) bond motifs is 2. The third kappa shape index (κ3) is 4.24. The van der Waals surface area contributed by atoms with Crippen molar-refractivity contribution in [3.05, 3.63) is 106 Å². The maximum Gasteiger partial charge on any atom is 0.421 e. The predicted molar refractivity (Wildman–Crippen MR) is 137 cm³/mol. The molecule has 7 nitrogen and oxygen atoms in total. The van der Waals surface area contributed by atoms with Crippen molar-refractivity contribution in [1.29, 1.82) is 0 Å². The van der Waals surface area contributed by atoms with E-state index in [0.29, 0.717) is 24.2 Å². The number of carbonyl (C=O) groups is 1. The van der Waals surface area contributed by atoms with Crippen LogP contribution in [0.5, 0.6) is 0 Å². The molecule has 0 unspecified atom stereocenters. The third-order valence-corrected chi connectivity index (χ3v) is 7.01. The molecule has 2 aromatic heterocycles. The van der Waals surface area contributed by atoms with Gasteiger partial charge in [0.2, 0.25) is 0 Å². The van der Waals surface area contributed by atoms with E-state index in [1.807, 2.05) is 35.2 Å². The highest BCUT2D eigenvalue weighted by atomic mass is 19.4. The predicted octanol–water partition coefficient (Wildman–Crippen LogP) is 4.57. The number of likely N-dealkylation sites (N-methyl/N-ethyl adjacent to an activating group) is 1. The summed E-state index contributed by atoms with van der Waals surface area (Å²) in [6.45, 7) is 0.595. The standard InChI is InChI=1S/C28H21F4N5O2/c1-36-14-27(15-36,19-8-10-20(29)11-9-19)34-25(38)23-22(28(30,31)32)24-26(39)33-21(13-37(24)35-23)18-7-6-16-4-2-3-5-17(16)12-18/h2-13H,14-15H2,1H3,(H,33,39)(H,34,38). The molecule has 11 heteroatoms. The molecule has 2 N–H and O–H groups in total. The van der Waals surface area contributed by atoms with Crippen LogP contribution < -0.4 is 10.9 Å². The van der Waals surface area contributed by atoms with Crippen LogP contribution in [0.2, 0.25) is 0 Å². The molecule has 1 saturated heterocycles. The number of likely N-dealkylation sites (tertiary alicyclic amines) is 1. The zero-order valence-electron chi connectivity index (χ0n) is 20.5. The van der Waals surface area contributed by atoms with E-state index in [2.05, 4.69) is 15.4 Å². The molecule has 0 saturated carbocycles. The van der Waals surface area contributed by atoms with E-state index in [9.17, 15) is 27.2 Å². The summed E-state index contributed by atoms with van der Waals surface area (Å²) < 4.78 is 57.1. The summed E-state index contributed by atoms with van der Waals surface area (Å²) in [6.07, 6.45) is -3.77. The second-order valence-corrected chi connectivity index (χ2v) is 9.79. The minimum Gasteiger partial charge on any atom is -0.338 e. The Morgan fingerprint density at radius 1 is 1.03 bits per heavy atom. The molecular weight excluding hydrogens is 514 g/mol. The lowest BCUT2D eigenvalue weighted by atomic mass is 9.82. The number of aromatic nitrogens is 3. The van der Waals surface area contributed by atoms with Crippen LogP contribution in [-0.4, -0.2) is 45.5 Å². The van der Waals surface area contributed by atoms with E-state index >= 15 is 0 Å². The van der Waals surface area contributed by atoms with Gasteiger partial charge in [0, 0.05) is 18.7 Å². The molecule has 1 amide bonds. The Balaban J connectivity index is 1.45. The number of halogens is 4. The topological polar surface area (TPSA) is 82.5 Å². The lowest BCUT2D eigenvalue weighted by molar-refractivity contribution is -0.136. The number of hydrogen-bond acceptors (Lipinski definition) is 4. The van der Waals surface area contributed by atoms with Crippen molar-refractivity contribution in [2.45, 2.75) is 11.7 Å². The summed E-state index contributed by atoms with van der Waals surface area (Å²) in [5.74, 6) is -1.57. The molecule has 1 aliphatic heterocycles. The molecule has 0 atom stereocenters. The van der Waals surface area contributed by atoms with Crippen molar-refractivity contribution < 1.29 is 22.4 Å². The number of nitrogens with one attached hydrogen (secondary N) is 2. The fraction of sp³-hybridized carbons (Fsp3) is 0.179. The van der Waals surface area contributed by atoms with Gasteiger partial charge in [-0.05, 0) is 41.6 Å². The fourth-order valence-corrected chi connectivity index (χ4v) is 5.27. The lowest BCUT2D eigenvalue weighted by Gasteiger charge is -2.49. The molecular formula is C28H21F4N5O2. The van der Waals surface area contributed by atoms with Crippen molar-refractivity contribution in [3.63, 3.8) is 0 Å². The van der Waals surface area contributed by atoms with Crippen molar-refractivity contribution in [3.8, 4) is 11.3 Å². The van der Waals surface area contributed by atoms with Crippen LogP contribution in [-0.2, 0) is 11.7 Å². The van der Waals surface area contributed by atoms with E-state index in [1.54, 1.807) is 19.2 Å². The molecule has 3 heterocycles. The van der Waals surface area contributed by atoms with Gasteiger partial charge in [0.05, 0.1) is 17.4 Å². The van der Waals surface area contributed by atoms with Gasteiger partial charge in [-0.1, -0.05) is 48.5 Å². The monoisotopic (exact) mass is 535 g/mol. The number of carbonyl (C=O) groups excluding carboxylic acids is 1. The molecule has 0 spiro atoms. The molecule has 6 rings (SSSR count). The number of hydrogen-bond donors (Lipinski definition) is 2. The average Bonchev–Trinajstić information content (AvgIpc) is 3.29. The van der Waals surface area contributed by atoms with E-state index in [0.717, 1.165) is 15.3 Å². The normalized spacial score (nSPS) is 15.4. The Hall–Kier alpha value is -4.51. The molecule has 5 aromatic rings. The summed E-state index contributed by atoms with van der Waals surface area (Å²) in [4.78, 5) is 30.7. The molecule has 3 aromatic carbocycles. The van der Waals surface area contributed by atoms with Gasteiger partial charge in [-0.2, -0.15) is 18.3 Å². The Kier molecular flexibility index (Phi) is 5.58. The Morgan fingerprint density at radius 2 is 1.72 bits per heavy atom. The first-order valence-corrected chi connectivity index (χ1v) is 12.0. The van der Waals surface area contributed by atoms with Gasteiger partial charge in [0.25, 0.3) is 11.5 Å². The summed E-state index contributed by atoms with van der Waals surface area (Å²) >= 11 is 0. The highest BCUT2D eigenvalue weighted by molar-refractivity contribution is 5.97. The first-order chi connectivity index (χ1) is 18.5. The number of nitrogens with zero attached hydrogens (tertiary/aromatic N) is 3. The molecule has 0 radical (unpaired) electrons. The van der Waals surface area contributed by atoms with E-state index < -0.39 is 45.8 Å². The van der Waals surface area contributed by atoms with Crippen LogP contribution in [0.3, 0.4) is 0 Å². The maximum absolute atomic E-state index is 14.3. The number of rotatable bonds is 4.